The van der Waals surface area contributed by atoms with E-state index in [2.05, 4.69) is 37.4 Å². The van der Waals surface area contributed by atoms with Crippen LogP contribution in [0.15, 0.2) is 42.5 Å². The number of hydrogen-bond donors (Lipinski definition) is 1. The average Bonchev–Trinajstić information content (AvgIpc) is 2.79. The fourth-order valence-electron chi connectivity index (χ4n) is 4.08. The molecule has 1 aromatic heterocycles. The number of amides is 1. The number of anilines is 2. The van der Waals surface area contributed by atoms with Gasteiger partial charge in [-0.2, -0.15) is 0 Å². The third kappa shape index (κ3) is 4.61. The van der Waals surface area contributed by atoms with Gasteiger partial charge in [0.2, 0.25) is 5.91 Å². The quantitative estimate of drug-likeness (QED) is 0.865. The van der Waals surface area contributed by atoms with Gasteiger partial charge in [-0.05, 0) is 49.8 Å². The Morgan fingerprint density at radius 1 is 0.857 bits per heavy atom. The lowest BCUT2D eigenvalue weighted by Gasteiger charge is -2.32. The first-order valence-electron chi connectivity index (χ1n) is 10.4. The summed E-state index contributed by atoms with van der Waals surface area (Å²) in [6, 6.07) is 14.2. The monoisotopic (exact) mass is 379 g/mol. The van der Waals surface area contributed by atoms with Gasteiger partial charge >= 0.3 is 0 Å². The van der Waals surface area contributed by atoms with Crippen molar-refractivity contribution in [3.8, 4) is 0 Å². The Bertz CT molecular complexity index is 750. The molecule has 4 rings (SSSR count). The van der Waals surface area contributed by atoms with E-state index in [0.29, 0.717) is 6.54 Å². The molecule has 1 amide bonds. The molecule has 28 heavy (non-hydrogen) atoms. The van der Waals surface area contributed by atoms with Crippen LogP contribution in [0.1, 0.15) is 37.7 Å². The molecule has 0 aliphatic carbocycles. The Labute approximate surface area is 166 Å². The lowest BCUT2D eigenvalue weighted by atomic mass is 9.96. The third-order valence-corrected chi connectivity index (χ3v) is 5.82. The minimum atomic E-state index is 0.0838. The molecule has 6 heteroatoms. The highest BCUT2D eigenvalue weighted by molar-refractivity contribution is 5.79. The predicted octanol–water partition coefficient (Wildman–Crippen LogP) is 3.00. The molecule has 0 radical (unpaired) electrons. The summed E-state index contributed by atoms with van der Waals surface area (Å²) in [6.07, 6.45) is 5.51. The molecule has 0 bridgehead atoms. The molecule has 2 aliphatic rings. The standard InChI is InChI=1S/C22H29N5O/c28-22(23-17-18-7-3-1-4-8-18)19-11-15-27(16-12-19)21-10-9-20(24-25-21)26-13-5-2-6-14-26/h1,3-4,7-10,19H,2,5-6,11-17H2,(H,23,28). The molecule has 2 aliphatic heterocycles. The van der Waals surface area contributed by atoms with E-state index >= 15 is 0 Å². The first-order valence-corrected chi connectivity index (χ1v) is 10.4. The highest BCUT2D eigenvalue weighted by Crippen LogP contribution is 2.23. The Morgan fingerprint density at radius 2 is 1.46 bits per heavy atom. The van der Waals surface area contributed by atoms with Crippen molar-refractivity contribution in [1.29, 1.82) is 0 Å². The van der Waals surface area contributed by atoms with Gasteiger partial charge in [0.15, 0.2) is 11.6 Å². The molecule has 2 aromatic rings. The molecule has 3 heterocycles. The number of carbonyl (C=O) groups excluding carboxylic acids is 1. The summed E-state index contributed by atoms with van der Waals surface area (Å²) in [4.78, 5) is 17.0. The summed E-state index contributed by atoms with van der Waals surface area (Å²) >= 11 is 0. The van der Waals surface area contributed by atoms with E-state index in [1.165, 1.54) is 19.3 Å². The first kappa shape index (κ1) is 18.7. The van der Waals surface area contributed by atoms with Crippen molar-refractivity contribution in [2.24, 2.45) is 5.92 Å². The van der Waals surface area contributed by atoms with E-state index in [4.69, 9.17) is 0 Å². The largest absolute Gasteiger partial charge is 0.355 e. The van der Waals surface area contributed by atoms with E-state index in [1.807, 2.05) is 30.3 Å². The second kappa shape index (κ2) is 9.04. The zero-order valence-electron chi connectivity index (χ0n) is 16.4. The van der Waals surface area contributed by atoms with Crippen molar-refractivity contribution < 1.29 is 4.79 Å². The molecule has 0 atom stereocenters. The number of carbonyl (C=O) groups is 1. The van der Waals surface area contributed by atoms with Crippen LogP contribution in [-0.2, 0) is 11.3 Å². The van der Waals surface area contributed by atoms with Crippen LogP contribution in [0.3, 0.4) is 0 Å². The lowest BCUT2D eigenvalue weighted by Crippen LogP contribution is -2.40. The van der Waals surface area contributed by atoms with Crippen LogP contribution < -0.4 is 15.1 Å². The smallest absolute Gasteiger partial charge is 0.223 e. The van der Waals surface area contributed by atoms with Crippen LogP contribution in [0.5, 0.6) is 0 Å². The van der Waals surface area contributed by atoms with Gasteiger partial charge in [-0.1, -0.05) is 30.3 Å². The van der Waals surface area contributed by atoms with Crippen LogP contribution in [0, 0.1) is 5.92 Å². The van der Waals surface area contributed by atoms with Gasteiger partial charge in [0.05, 0.1) is 0 Å². The van der Waals surface area contributed by atoms with E-state index in [0.717, 1.165) is 56.2 Å². The highest BCUT2D eigenvalue weighted by Gasteiger charge is 2.25. The molecule has 2 saturated heterocycles. The number of rotatable bonds is 5. The molecular weight excluding hydrogens is 350 g/mol. The van der Waals surface area contributed by atoms with Crippen molar-refractivity contribution in [1.82, 2.24) is 15.5 Å². The van der Waals surface area contributed by atoms with Crippen molar-refractivity contribution in [3.05, 3.63) is 48.0 Å². The molecule has 1 aromatic carbocycles. The fourth-order valence-corrected chi connectivity index (χ4v) is 4.08. The average molecular weight is 380 g/mol. The Morgan fingerprint density at radius 3 is 2.07 bits per heavy atom. The number of piperidine rings is 2. The van der Waals surface area contributed by atoms with Crippen LogP contribution in [0.25, 0.3) is 0 Å². The van der Waals surface area contributed by atoms with Crippen LogP contribution >= 0.6 is 0 Å². The molecule has 2 fully saturated rings. The molecule has 0 spiro atoms. The van der Waals surface area contributed by atoms with Gasteiger partial charge in [-0.15, -0.1) is 10.2 Å². The summed E-state index contributed by atoms with van der Waals surface area (Å²) in [7, 11) is 0. The summed E-state index contributed by atoms with van der Waals surface area (Å²) in [5, 5.41) is 12.0. The van der Waals surface area contributed by atoms with E-state index in [-0.39, 0.29) is 11.8 Å². The topological polar surface area (TPSA) is 61.4 Å². The molecule has 0 unspecified atom stereocenters. The third-order valence-electron chi connectivity index (χ3n) is 5.82. The van der Waals surface area contributed by atoms with Crippen molar-refractivity contribution >= 4 is 17.5 Å². The number of nitrogens with one attached hydrogen (secondary N) is 1. The summed E-state index contributed by atoms with van der Waals surface area (Å²) in [5.74, 6) is 2.15. The zero-order valence-corrected chi connectivity index (χ0v) is 16.4. The first-order chi connectivity index (χ1) is 13.8. The van der Waals surface area contributed by atoms with E-state index < -0.39 is 0 Å². The Hall–Kier alpha value is -2.63. The van der Waals surface area contributed by atoms with Gasteiger partial charge in [-0.25, -0.2) is 0 Å². The Balaban J connectivity index is 1.26. The van der Waals surface area contributed by atoms with Gasteiger partial charge < -0.3 is 15.1 Å². The molecule has 6 nitrogen and oxygen atoms in total. The maximum atomic E-state index is 12.5. The SMILES string of the molecule is O=C(NCc1ccccc1)C1CCN(c2ccc(N3CCCCC3)nn2)CC1. The lowest BCUT2D eigenvalue weighted by molar-refractivity contribution is -0.125. The van der Waals surface area contributed by atoms with Gasteiger partial charge in [-0.3, -0.25) is 4.79 Å². The summed E-state index contributed by atoms with van der Waals surface area (Å²) in [6.45, 7) is 4.46. The van der Waals surface area contributed by atoms with Gasteiger partial charge in [0.25, 0.3) is 0 Å². The maximum Gasteiger partial charge on any atom is 0.223 e. The summed E-state index contributed by atoms with van der Waals surface area (Å²) in [5.41, 5.74) is 1.14. The summed E-state index contributed by atoms with van der Waals surface area (Å²) < 4.78 is 0. The number of hydrogen-bond acceptors (Lipinski definition) is 5. The number of benzene rings is 1. The minimum Gasteiger partial charge on any atom is -0.355 e. The van der Waals surface area contributed by atoms with Gasteiger partial charge in [0.1, 0.15) is 0 Å². The fraction of sp³-hybridized carbons (Fsp3) is 0.500. The number of nitrogens with zero attached hydrogens (tertiary/aromatic N) is 4. The second-order valence-corrected chi connectivity index (χ2v) is 7.76. The van der Waals surface area contributed by atoms with Gasteiger partial charge in [0, 0.05) is 38.6 Å². The zero-order chi connectivity index (χ0) is 19.2. The van der Waals surface area contributed by atoms with Crippen molar-refractivity contribution in [2.45, 2.75) is 38.6 Å². The minimum absolute atomic E-state index is 0.0838. The second-order valence-electron chi connectivity index (χ2n) is 7.76. The molecule has 0 saturated carbocycles. The van der Waals surface area contributed by atoms with E-state index in [1.54, 1.807) is 0 Å². The molecular formula is C22H29N5O. The normalized spacial score (nSPS) is 18.1. The maximum absolute atomic E-state index is 12.5. The van der Waals surface area contributed by atoms with Crippen LogP contribution in [0.2, 0.25) is 0 Å². The van der Waals surface area contributed by atoms with Crippen LogP contribution in [0.4, 0.5) is 11.6 Å². The highest BCUT2D eigenvalue weighted by atomic mass is 16.1. The molecule has 148 valence electrons. The van der Waals surface area contributed by atoms with Crippen molar-refractivity contribution in [2.75, 3.05) is 36.0 Å². The predicted molar refractivity (Wildman–Crippen MR) is 111 cm³/mol. The van der Waals surface area contributed by atoms with Crippen molar-refractivity contribution in [3.63, 3.8) is 0 Å². The Kier molecular flexibility index (Phi) is 6.04. The van der Waals surface area contributed by atoms with E-state index in [9.17, 15) is 4.79 Å². The molecule has 1 N–H and O–H groups in total. The van der Waals surface area contributed by atoms with Crippen LogP contribution in [-0.4, -0.2) is 42.3 Å². The number of aromatic nitrogens is 2.